The summed E-state index contributed by atoms with van der Waals surface area (Å²) >= 11 is 0. The number of alkyl halides is 21. The van der Waals surface area contributed by atoms with Crippen molar-refractivity contribution in [2.24, 2.45) is 9.98 Å². The molecule has 4 nitrogen and oxygen atoms in total. The van der Waals surface area contributed by atoms with Crippen LogP contribution in [0.2, 0.25) is 0 Å². The van der Waals surface area contributed by atoms with Gasteiger partial charge in [0.25, 0.3) is 0 Å². The molecule has 0 N–H and O–H groups in total. The quantitative estimate of drug-likeness (QED) is 0.0440. The van der Waals surface area contributed by atoms with Crippen molar-refractivity contribution in [2.75, 3.05) is 33.9 Å². The number of aliphatic imine (C=N–C) groups is 2. The molecule has 0 spiro atoms. The molecule has 0 saturated heterocycles. The van der Waals surface area contributed by atoms with Gasteiger partial charge >= 0.3 is 63.7 Å². The van der Waals surface area contributed by atoms with Gasteiger partial charge in [-0.05, 0) is 45.6 Å². The van der Waals surface area contributed by atoms with Gasteiger partial charge in [-0.3, -0.25) is 9.98 Å². The normalized spacial score (nSPS) is 13.7. The molecule has 0 heterocycles. The number of nitrogens with zero attached hydrogens (tertiary/aromatic N) is 2. The van der Waals surface area contributed by atoms with Crippen LogP contribution in [0, 0.1) is 6.61 Å². The minimum Gasteiger partial charge on any atom is -0.554 e. The predicted molar refractivity (Wildman–Crippen MR) is 213 cm³/mol. The third-order valence-electron chi connectivity index (χ3n) is 10.2. The fraction of sp³-hybridized carbons (Fsp3) is 0.372. The number of hydrogen-bond acceptors (Lipinski definition) is 4. The Balaban J connectivity index is 0.000000845. The van der Waals surface area contributed by atoms with Gasteiger partial charge in [0, 0.05) is 26.8 Å². The van der Waals surface area contributed by atoms with E-state index in [2.05, 4.69) is 9.98 Å². The maximum Gasteiger partial charge on any atom is 2.00 e. The first-order valence-corrected chi connectivity index (χ1v) is 19.5. The average Bonchev–Trinajstić information content (AvgIpc) is 3.22. The minimum absolute atomic E-state index is 0. The molecular formula is C43H36BF21N2O2Pd. The molecule has 0 saturated carbocycles. The summed E-state index contributed by atoms with van der Waals surface area (Å²) in [5.74, 6) is 0. The van der Waals surface area contributed by atoms with Crippen LogP contribution in [0.1, 0.15) is 65.6 Å². The van der Waals surface area contributed by atoms with E-state index in [1.165, 1.54) is 0 Å². The third kappa shape index (κ3) is 16.2. The SMILES string of the molecule is CO[CH-]CCN=C(C)C(C)=NCCCOC.FC(F)(F)c1cccc([B-](c2cc(C(F)(F)F)cc(C(F)(F)F)c2)(c2cc(C(F)(F)F)cc(C(F)(F)F)c2)c2cc(C(F)(F)F)cc(C(F)(F)F)c2)c1.[Pd+2]. The molecule has 70 heavy (non-hydrogen) atoms. The van der Waals surface area contributed by atoms with Crippen molar-refractivity contribution < 1.29 is 122 Å². The average molecular weight is 1130 g/mol. The van der Waals surface area contributed by atoms with E-state index in [1.807, 2.05) is 13.8 Å². The van der Waals surface area contributed by atoms with Crippen LogP contribution in [0.3, 0.4) is 0 Å². The zero-order valence-corrected chi connectivity index (χ0v) is 37.7. The van der Waals surface area contributed by atoms with Gasteiger partial charge in [-0.15, -0.1) is 6.42 Å². The third-order valence-corrected chi connectivity index (χ3v) is 10.2. The Kier molecular flexibility index (Phi) is 20.5. The Labute approximate surface area is 398 Å². The van der Waals surface area contributed by atoms with Gasteiger partial charge in [0.05, 0.1) is 50.4 Å². The van der Waals surface area contributed by atoms with Crippen LogP contribution in [0.4, 0.5) is 92.2 Å². The molecule has 27 heteroatoms. The summed E-state index contributed by atoms with van der Waals surface area (Å²) < 4.78 is 306. The number of rotatable bonds is 13. The molecule has 4 rings (SSSR count). The first-order chi connectivity index (χ1) is 31.4. The molecule has 0 aliphatic heterocycles. The Morgan fingerprint density at radius 3 is 1.03 bits per heavy atom. The summed E-state index contributed by atoms with van der Waals surface area (Å²) in [6.07, 6.45) is -44.6. The molecule has 0 radical (unpaired) electrons. The summed E-state index contributed by atoms with van der Waals surface area (Å²) in [7, 11) is 3.36. The minimum atomic E-state index is -5.93. The van der Waals surface area contributed by atoms with E-state index < -0.39 is 165 Å². The van der Waals surface area contributed by atoms with Gasteiger partial charge in [-0.25, -0.2) is 6.61 Å². The molecule has 0 aliphatic carbocycles. The molecule has 0 amide bonds. The Hall–Kier alpha value is -4.60. The standard InChI is InChI=1S/C31H13BF21.C12H23N2O2.Pd/c33-25(34,35)14-2-1-3-21(7-14)32(22-8-15(26(36,37)38)4-16(9-22)27(39,40)41,23-10-17(28(42,43)44)5-18(11-23)29(45,46)47)24-12-19(30(48,49)50)6-20(13-24)31(51,52)53;1-11(13-7-5-9-15-3)12(2)14-8-6-10-16-4;/h1-13H;9H,5-8,10H2,1-4H3;/q2*-1;+2. The van der Waals surface area contributed by atoms with E-state index in [0.717, 1.165) is 44.0 Å². The fourth-order valence-corrected chi connectivity index (χ4v) is 6.91. The van der Waals surface area contributed by atoms with Gasteiger partial charge in [-0.1, -0.05) is 60.7 Å². The first kappa shape index (κ1) is 61.5. The second-order valence-corrected chi connectivity index (χ2v) is 15.0. The Morgan fingerprint density at radius 2 is 0.743 bits per heavy atom. The molecule has 390 valence electrons. The van der Waals surface area contributed by atoms with Crippen LogP contribution < -0.4 is 21.9 Å². The van der Waals surface area contributed by atoms with Gasteiger partial charge in [0.15, 0.2) is 0 Å². The smallest absolute Gasteiger partial charge is 0.554 e. The molecule has 4 aromatic carbocycles. The maximum atomic E-state index is 14.1. The second-order valence-electron chi connectivity index (χ2n) is 15.0. The predicted octanol–water partition coefficient (Wildman–Crippen LogP) is 12.3. The van der Waals surface area contributed by atoms with E-state index in [9.17, 15) is 92.2 Å². The monoisotopic (exact) mass is 1130 g/mol. The topological polar surface area (TPSA) is 43.2 Å². The first-order valence-electron chi connectivity index (χ1n) is 19.5. The van der Waals surface area contributed by atoms with Gasteiger partial charge in [0.1, 0.15) is 6.15 Å². The number of ether oxygens (including phenoxy) is 2. The second kappa shape index (κ2) is 23.3. The van der Waals surface area contributed by atoms with Crippen molar-refractivity contribution >= 4 is 39.4 Å². The largest absolute Gasteiger partial charge is 2.00 e. The summed E-state index contributed by atoms with van der Waals surface area (Å²) in [6, 6.07) is -4.13. The van der Waals surface area contributed by atoms with Gasteiger partial charge in [-0.2, -0.15) is 114 Å². The van der Waals surface area contributed by atoms with Gasteiger partial charge in [0.2, 0.25) is 0 Å². The van der Waals surface area contributed by atoms with E-state index >= 15 is 0 Å². The van der Waals surface area contributed by atoms with Crippen molar-refractivity contribution in [1.82, 2.24) is 0 Å². The van der Waals surface area contributed by atoms with E-state index in [4.69, 9.17) is 9.47 Å². The van der Waals surface area contributed by atoms with E-state index in [0.29, 0.717) is 0 Å². The molecule has 0 unspecified atom stereocenters. The number of halogens is 21. The zero-order valence-electron chi connectivity index (χ0n) is 36.2. The summed E-state index contributed by atoms with van der Waals surface area (Å²) in [5, 5.41) is 0. The summed E-state index contributed by atoms with van der Waals surface area (Å²) in [6.45, 7) is 8.05. The molecule has 0 aromatic heterocycles. The molecule has 4 aromatic rings. The Morgan fingerprint density at radius 1 is 0.443 bits per heavy atom. The summed E-state index contributed by atoms with van der Waals surface area (Å²) in [5.41, 5.74) is -21.7. The number of hydrogen-bond donors (Lipinski definition) is 0. The van der Waals surface area contributed by atoms with Gasteiger partial charge < -0.3 is 9.47 Å². The van der Waals surface area contributed by atoms with E-state index in [-0.39, 0.29) is 44.7 Å². The molecule has 0 fully saturated rings. The zero-order chi connectivity index (χ0) is 52.8. The molecule has 0 bridgehead atoms. The van der Waals surface area contributed by atoms with Crippen molar-refractivity contribution in [3.63, 3.8) is 0 Å². The fourth-order valence-electron chi connectivity index (χ4n) is 6.91. The number of methoxy groups -OCH3 is 2. The molecular weight excluding hydrogens is 1090 g/mol. The van der Waals surface area contributed by atoms with E-state index in [1.54, 1.807) is 20.8 Å². The van der Waals surface area contributed by atoms with Crippen molar-refractivity contribution in [3.8, 4) is 0 Å². The van der Waals surface area contributed by atoms with Crippen LogP contribution in [-0.4, -0.2) is 51.5 Å². The van der Waals surface area contributed by atoms with Crippen LogP contribution in [0.15, 0.2) is 88.8 Å². The van der Waals surface area contributed by atoms with Crippen LogP contribution in [-0.2, 0) is 73.1 Å². The van der Waals surface area contributed by atoms with Crippen molar-refractivity contribution in [2.45, 2.75) is 69.9 Å². The maximum absolute atomic E-state index is 14.1. The van der Waals surface area contributed by atoms with Crippen molar-refractivity contribution in [1.29, 1.82) is 0 Å². The number of benzene rings is 4. The molecule has 0 aliphatic rings. The van der Waals surface area contributed by atoms with Crippen molar-refractivity contribution in [3.05, 3.63) is 124 Å². The Bertz CT molecular complexity index is 2130. The summed E-state index contributed by atoms with van der Waals surface area (Å²) in [4.78, 5) is 8.83. The van der Waals surface area contributed by atoms with Crippen LogP contribution in [0.5, 0.6) is 0 Å². The van der Waals surface area contributed by atoms with Crippen LogP contribution in [0.25, 0.3) is 0 Å². The molecule has 0 atom stereocenters. The van der Waals surface area contributed by atoms with Crippen LogP contribution >= 0.6 is 0 Å².